The van der Waals surface area contributed by atoms with Gasteiger partial charge in [-0.25, -0.2) is 0 Å². The second kappa shape index (κ2) is 7.81. The highest BCUT2D eigenvalue weighted by Crippen LogP contribution is 2.29. The number of aryl methyl sites for hydroxylation is 1. The van der Waals surface area contributed by atoms with Gasteiger partial charge in [0.25, 0.3) is 0 Å². The van der Waals surface area contributed by atoms with Gasteiger partial charge in [0.05, 0.1) is 0 Å². The van der Waals surface area contributed by atoms with Crippen molar-refractivity contribution in [1.82, 2.24) is 10.2 Å². The summed E-state index contributed by atoms with van der Waals surface area (Å²) in [6, 6.07) is 16.3. The van der Waals surface area contributed by atoms with Crippen molar-refractivity contribution >= 4 is 39.8 Å². The Kier molecular flexibility index (Phi) is 5.54. The molecule has 3 aromatic rings. The van der Waals surface area contributed by atoms with Crippen LogP contribution in [0, 0.1) is 6.92 Å². The molecule has 1 N–H and O–H groups in total. The first-order chi connectivity index (χ1) is 11.2. The van der Waals surface area contributed by atoms with Crippen molar-refractivity contribution in [3.63, 3.8) is 0 Å². The summed E-state index contributed by atoms with van der Waals surface area (Å²) in [7, 11) is 0. The first kappa shape index (κ1) is 16.3. The number of anilines is 1. The van der Waals surface area contributed by atoms with E-state index >= 15 is 0 Å². The third-order valence-electron chi connectivity index (χ3n) is 3.24. The van der Waals surface area contributed by atoms with Gasteiger partial charge >= 0.3 is 0 Å². The average Bonchev–Trinajstić information content (AvgIpc) is 3.00. The van der Waals surface area contributed by atoms with Crippen LogP contribution in [0.5, 0.6) is 0 Å². The van der Waals surface area contributed by atoms with E-state index in [0.29, 0.717) is 6.54 Å². The van der Waals surface area contributed by atoms with Gasteiger partial charge in [-0.3, -0.25) is 0 Å². The molecule has 0 saturated carbocycles. The van der Waals surface area contributed by atoms with Crippen molar-refractivity contribution in [3.8, 4) is 0 Å². The lowest BCUT2D eigenvalue weighted by Crippen LogP contribution is -1.99. The van der Waals surface area contributed by atoms with Crippen LogP contribution in [0.4, 0.5) is 5.13 Å². The van der Waals surface area contributed by atoms with Crippen molar-refractivity contribution < 1.29 is 0 Å². The SMILES string of the molecule is Cc1cccc(CSc2nnc(NCc3ccccc3Cl)s2)c1. The largest absolute Gasteiger partial charge is 0.356 e. The molecule has 0 amide bonds. The molecule has 23 heavy (non-hydrogen) atoms. The standard InChI is InChI=1S/C17H16ClN3S2/c1-12-5-4-6-13(9-12)11-22-17-21-20-16(23-17)19-10-14-7-2-3-8-15(14)18/h2-9H,10-11H2,1H3,(H,19,20). The van der Waals surface area contributed by atoms with E-state index in [4.69, 9.17) is 11.6 Å². The highest BCUT2D eigenvalue weighted by molar-refractivity contribution is 8.00. The molecule has 0 aliphatic carbocycles. The molecule has 0 radical (unpaired) electrons. The summed E-state index contributed by atoms with van der Waals surface area (Å²) in [5, 5.41) is 13.3. The van der Waals surface area contributed by atoms with Crippen LogP contribution in [0.15, 0.2) is 52.9 Å². The van der Waals surface area contributed by atoms with Gasteiger partial charge in [0, 0.05) is 17.3 Å². The van der Waals surface area contributed by atoms with E-state index in [9.17, 15) is 0 Å². The Morgan fingerprint density at radius 3 is 2.83 bits per heavy atom. The van der Waals surface area contributed by atoms with Crippen molar-refractivity contribution in [2.75, 3.05) is 5.32 Å². The quantitative estimate of drug-likeness (QED) is 0.596. The van der Waals surface area contributed by atoms with Crippen LogP contribution in [0.3, 0.4) is 0 Å². The predicted molar refractivity (Wildman–Crippen MR) is 99.4 cm³/mol. The Balaban J connectivity index is 1.55. The van der Waals surface area contributed by atoms with Gasteiger partial charge in [-0.1, -0.05) is 82.7 Å². The normalized spacial score (nSPS) is 10.7. The number of halogens is 1. The zero-order valence-corrected chi connectivity index (χ0v) is 15.0. The molecule has 1 heterocycles. The Labute approximate surface area is 149 Å². The maximum atomic E-state index is 6.15. The number of nitrogens with zero attached hydrogens (tertiary/aromatic N) is 2. The van der Waals surface area contributed by atoms with Crippen molar-refractivity contribution in [2.24, 2.45) is 0 Å². The third kappa shape index (κ3) is 4.70. The second-order valence-electron chi connectivity index (χ2n) is 5.10. The molecule has 0 unspecified atom stereocenters. The molecule has 0 bridgehead atoms. The second-order valence-corrected chi connectivity index (χ2v) is 7.70. The topological polar surface area (TPSA) is 37.8 Å². The Morgan fingerprint density at radius 1 is 1.13 bits per heavy atom. The van der Waals surface area contributed by atoms with Crippen LogP contribution in [0.25, 0.3) is 0 Å². The predicted octanol–water partition coefficient (Wildman–Crippen LogP) is 5.40. The number of hydrogen-bond acceptors (Lipinski definition) is 5. The van der Waals surface area contributed by atoms with Crippen LogP contribution in [-0.2, 0) is 12.3 Å². The van der Waals surface area contributed by atoms with Crippen LogP contribution < -0.4 is 5.32 Å². The Morgan fingerprint density at radius 2 is 2.00 bits per heavy atom. The first-order valence-corrected chi connectivity index (χ1v) is 9.38. The van der Waals surface area contributed by atoms with E-state index in [2.05, 4.69) is 46.7 Å². The molecule has 2 aromatic carbocycles. The fraction of sp³-hybridized carbons (Fsp3) is 0.176. The molecule has 0 aliphatic heterocycles. The minimum absolute atomic E-state index is 0.650. The van der Waals surface area contributed by atoms with E-state index < -0.39 is 0 Å². The van der Waals surface area contributed by atoms with Gasteiger partial charge in [-0.05, 0) is 24.1 Å². The first-order valence-electron chi connectivity index (χ1n) is 7.20. The van der Waals surface area contributed by atoms with Gasteiger partial charge in [0.15, 0.2) is 4.34 Å². The lowest BCUT2D eigenvalue weighted by Gasteiger charge is -2.03. The van der Waals surface area contributed by atoms with Gasteiger partial charge in [-0.2, -0.15) is 0 Å². The van der Waals surface area contributed by atoms with Gasteiger partial charge < -0.3 is 5.32 Å². The summed E-state index contributed by atoms with van der Waals surface area (Å²) in [6.45, 7) is 2.76. The Hall–Kier alpha value is -1.56. The fourth-order valence-electron chi connectivity index (χ4n) is 2.10. The van der Waals surface area contributed by atoms with Gasteiger partial charge in [-0.15, -0.1) is 10.2 Å². The van der Waals surface area contributed by atoms with Gasteiger partial charge in [0.1, 0.15) is 0 Å². The molecule has 0 spiro atoms. The molecule has 1 aromatic heterocycles. The number of nitrogens with one attached hydrogen (secondary N) is 1. The minimum Gasteiger partial charge on any atom is -0.356 e. The molecule has 0 saturated heterocycles. The van der Waals surface area contributed by atoms with Crippen molar-refractivity contribution in [1.29, 1.82) is 0 Å². The van der Waals surface area contributed by atoms with Crippen LogP contribution in [0.2, 0.25) is 5.02 Å². The van der Waals surface area contributed by atoms with E-state index in [-0.39, 0.29) is 0 Å². The molecule has 6 heteroatoms. The highest BCUT2D eigenvalue weighted by atomic mass is 35.5. The highest BCUT2D eigenvalue weighted by Gasteiger charge is 2.06. The van der Waals surface area contributed by atoms with Crippen molar-refractivity contribution in [3.05, 3.63) is 70.2 Å². The third-order valence-corrected chi connectivity index (χ3v) is 5.69. The van der Waals surface area contributed by atoms with Crippen LogP contribution in [-0.4, -0.2) is 10.2 Å². The summed E-state index contributed by atoms with van der Waals surface area (Å²) in [5.74, 6) is 0.904. The number of benzene rings is 2. The summed E-state index contributed by atoms with van der Waals surface area (Å²) >= 11 is 9.42. The lowest BCUT2D eigenvalue weighted by molar-refractivity contribution is 0.995. The number of rotatable bonds is 6. The fourth-order valence-corrected chi connectivity index (χ4v) is 3.99. The zero-order valence-electron chi connectivity index (χ0n) is 12.6. The number of hydrogen-bond donors (Lipinski definition) is 1. The molecule has 0 aliphatic rings. The molecular weight excluding hydrogens is 346 g/mol. The monoisotopic (exact) mass is 361 g/mol. The summed E-state index contributed by atoms with van der Waals surface area (Å²) in [4.78, 5) is 0. The van der Waals surface area contributed by atoms with Gasteiger partial charge in [0.2, 0.25) is 5.13 Å². The molecule has 118 valence electrons. The minimum atomic E-state index is 0.650. The molecular formula is C17H16ClN3S2. The molecule has 0 fully saturated rings. The van der Waals surface area contributed by atoms with E-state index in [0.717, 1.165) is 25.8 Å². The van der Waals surface area contributed by atoms with E-state index in [1.165, 1.54) is 11.1 Å². The lowest BCUT2D eigenvalue weighted by atomic mass is 10.2. The summed E-state index contributed by atoms with van der Waals surface area (Å²) in [5.41, 5.74) is 3.64. The van der Waals surface area contributed by atoms with Crippen LogP contribution in [0.1, 0.15) is 16.7 Å². The summed E-state index contributed by atoms with van der Waals surface area (Å²) < 4.78 is 0.966. The zero-order chi connectivity index (χ0) is 16.1. The number of thioether (sulfide) groups is 1. The smallest absolute Gasteiger partial charge is 0.206 e. The van der Waals surface area contributed by atoms with Crippen molar-refractivity contribution in [2.45, 2.75) is 23.6 Å². The average molecular weight is 362 g/mol. The molecule has 3 nitrogen and oxygen atoms in total. The van der Waals surface area contributed by atoms with E-state index in [1.807, 2.05) is 24.3 Å². The molecule has 3 rings (SSSR count). The van der Waals surface area contributed by atoms with Crippen LogP contribution >= 0.6 is 34.7 Å². The van der Waals surface area contributed by atoms with E-state index in [1.54, 1.807) is 23.1 Å². The number of aromatic nitrogens is 2. The maximum absolute atomic E-state index is 6.15. The Bertz CT molecular complexity index is 789. The summed E-state index contributed by atoms with van der Waals surface area (Å²) in [6.07, 6.45) is 0. The molecule has 0 atom stereocenters. The maximum Gasteiger partial charge on any atom is 0.206 e.